The summed E-state index contributed by atoms with van der Waals surface area (Å²) in [7, 11) is 0. The largest absolute Gasteiger partial charge is 0.460 e. The van der Waals surface area contributed by atoms with E-state index >= 15 is 0 Å². The molecule has 0 rings (SSSR count). The zero-order valence-corrected chi connectivity index (χ0v) is 26.7. The van der Waals surface area contributed by atoms with Crippen LogP contribution in [-0.2, 0) is 19.0 Å². The number of hydrogen-bond acceptors (Lipinski definition) is 6. The number of hydrogen-bond donors (Lipinski definition) is 1. The smallest absolute Gasteiger partial charge is 0.306 e. The highest BCUT2D eigenvalue weighted by molar-refractivity contribution is 5.69. The van der Waals surface area contributed by atoms with Gasteiger partial charge in [0.05, 0.1) is 6.10 Å². The topological polar surface area (TPSA) is 60.0 Å². The van der Waals surface area contributed by atoms with E-state index in [-0.39, 0.29) is 26.4 Å². The summed E-state index contributed by atoms with van der Waals surface area (Å²) >= 11 is 0. The van der Waals surface area contributed by atoms with Crippen LogP contribution in [-0.4, -0.2) is 69.2 Å². The van der Waals surface area contributed by atoms with Crippen molar-refractivity contribution in [2.24, 2.45) is 0 Å². The van der Waals surface area contributed by atoms with Crippen molar-refractivity contribution in [3.8, 4) is 0 Å². The molecule has 0 saturated heterocycles. The summed E-state index contributed by atoms with van der Waals surface area (Å²) in [5.74, 6) is -0.104. The van der Waals surface area contributed by atoms with E-state index in [4.69, 9.17) is 14.2 Å². The van der Waals surface area contributed by atoms with Crippen LogP contribution in [0, 0.1) is 0 Å². The normalized spacial score (nSPS) is 13.4. The van der Waals surface area contributed by atoms with E-state index < -0.39 is 0 Å². The Morgan fingerprint density at radius 2 is 1.44 bits per heavy atom. The van der Waals surface area contributed by atoms with Gasteiger partial charge in [-0.1, -0.05) is 91.2 Å². The van der Waals surface area contributed by atoms with Crippen LogP contribution < -0.4 is 5.32 Å². The van der Waals surface area contributed by atoms with Crippen molar-refractivity contribution in [2.45, 2.75) is 150 Å². The van der Waals surface area contributed by atoms with E-state index in [0.29, 0.717) is 13.0 Å². The van der Waals surface area contributed by atoms with Crippen molar-refractivity contribution < 1.29 is 20.4 Å². The van der Waals surface area contributed by atoms with Gasteiger partial charge in [-0.15, -0.1) is 0 Å². The molecule has 0 saturated carbocycles. The Hall–Kier alpha value is -0.950. The van der Waals surface area contributed by atoms with Crippen molar-refractivity contribution in [1.82, 2.24) is 10.2 Å². The van der Waals surface area contributed by atoms with Gasteiger partial charge >= 0.3 is 5.97 Å². The number of ether oxygens (including phenoxy) is 3. The standard InChI is InChI=1S/C33H66N2O4.H2/c1-6-11-13-14-15-19-22-26-33(36)39-32(31(24-12-7-2)38-30-37-10-5)25-21-18-16-17-20-23-27-34-28-29-35(8-3)9-4;/h15,19,31-32,34H,6-14,16-18,20-30H2,1-5H3;1H/b19-15-;/t31-,32+;/m1./s1. The molecule has 0 bridgehead atoms. The zero-order valence-electron chi connectivity index (χ0n) is 26.7. The van der Waals surface area contributed by atoms with E-state index in [1.807, 2.05) is 6.92 Å². The molecule has 6 heteroatoms. The molecule has 0 fully saturated rings. The van der Waals surface area contributed by atoms with E-state index in [0.717, 1.165) is 77.7 Å². The molecular formula is C33H68N2O4. The van der Waals surface area contributed by atoms with Crippen LogP contribution in [0.5, 0.6) is 0 Å². The summed E-state index contributed by atoms with van der Waals surface area (Å²) < 4.78 is 17.6. The Balaban J connectivity index is 0. The van der Waals surface area contributed by atoms with Crippen LogP contribution >= 0.6 is 0 Å². The molecule has 0 amide bonds. The first-order chi connectivity index (χ1) is 19.1. The van der Waals surface area contributed by atoms with Crippen molar-refractivity contribution >= 4 is 5.97 Å². The van der Waals surface area contributed by atoms with Gasteiger partial charge < -0.3 is 24.4 Å². The molecule has 1 N–H and O–H groups in total. The molecule has 0 aliphatic carbocycles. The van der Waals surface area contributed by atoms with E-state index in [1.54, 1.807) is 0 Å². The Labute approximate surface area is 244 Å². The fourth-order valence-corrected chi connectivity index (χ4v) is 4.70. The molecule has 2 atom stereocenters. The predicted molar refractivity (Wildman–Crippen MR) is 168 cm³/mol. The van der Waals surface area contributed by atoms with Gasteiger partial charge in [0, 0.05) is 27.5 Å². The van der Waals surface area contributed by atoms with E-state index in [9.17, 15) is 4.79 Å². The van der Waals surface area contributed by atoms with Gasteiger partial charge in [-0.05, 0) is 71.5 Å². The molecule has 234 valence electrons. The number of nitrogens with one attached hydrogen (secondary N) is 1. The maximum atomic E-state index is 12.7. The number of likely N-dealkylation sites (N-methyl/N-ethyl adjacent to an activating group) is 1. The lowest BCUT2D eigenvalue weighted by Crippen LogP contribution is -2.34. The third-order valence-electron chi connectivity index (χ3n) is 7.36. The van der Waals surface area contributed by atoms with Gasteiger partial charge in [0.2, 0.25) is 0 Å². The first kappa shape index (κ1) is 38.0. The number of esters is 1. The monoisotopic (exact) mass is 557 g/mol. The molecule has 0 spiro atoms. The minimum Gasteiger partial charge on any atom is -0.460 e. The molecule has 39 heavy (non-hydrogen) atoms. The second kappa shape index (κ2) is 30.0. The molecule has 0 aromatic carbocycles. The van der Waals surface area contributed by atoms with Crippen molar-refractivity contribution in [3.05, 3.63) is 12.2 Å². The Morgan fingerprint density at radius 3 is 2.13 bits per heavy atom. The highest BCUT2D eigenvalue weighted by Gasteiger charge is 2.25. The number of nitrogens with zero attached hydrogens (tertiary/aromatic N) is 1. The molecule has 0 aliphatic heterocycles. The average molecular weight is 557 g/mol. The van der Waals surface area contributed by atoms with Gasteiger partial charge in [-0.3, -0.25) is 4.79 Å². The summed E-state index contributed by atoms with van der Waals surface area (Å²) in [5, 5.41) is 3.58. The zero-order chi connectivity index (χ0) is 28.8. The van der Waals surface area contributed by atoms with E-state index in [1.165, 1.54) is 51.4 Å². The molecule has 0 unspecified atom stereocenters. The molecule has 6 nitrogen and oxygen atoms in total. The second-order valence-electron chi connectivity index (χ2n) is 10.7. The molecule has 0 radical (unpaired) electrons. The Morgan fingerprint density at radius 1 is 0.769 bits per heavy atom. The summed E-state index contributed by atoms with van der Waals surface area (Å²) in [4.78, 5) is 15.2. The third kappa shape index (κ3) is 24.6. The maximum Gasteiger partial charge on any atom is 0.306 e. The summed E-state index contributed by atoms with van der Waals surface area (Å²) in [6.07, 6.45) is 21.3. The molecule has 0 aromatic rings. The first-order valence-electron chi connectivity index (χ1n) is 16.6. The fraction of sp³-hybridized carbons (Fsp3) is 0.909. The number of unbranched alkanes of at least 4 members (excludes halogenated alkanes) is 9. The third-order valence-corrected chi connectivity index (χ3v) is 7.36. The van der Waals surface area contributed by atoms with Crippen LogP contribution in [0.15, 0.2) is 12.2 Å². The average Bonchev–Trinajstić information content (AvgIpc) is 2.94. The number of rotatable bonds is 30. The number of carbonyl (C=O) groups is 1. The van der Waals surface area contributed by atoms with Crippen LogP contribution in [0.1, 0.15) is 139 Å². The van der Waals surface area contributed by atoms with Gasteiger partial charge in [0.25, 0.3) is 0 Å². The first-order valence-corrected chi connectivity index (χ1v) is 16.6. The maximum absolute atomic E-state index is 12.7. The van der Waals surface area contributed by atoms with Crippen LogP contribution in [0.3, 0.4) is 0 Å². The molecular weight excluding hydrogens is 488 g/mol. The van der Waals surface area contributed by atoms with E-state index in [2.05, 4.69) is 50.1 Å². The highest BCUT2D eigenvalue weighted by atomic mass is 16.7. The molecule has 0 aliphatic rings. The van der Waals surface area contributed by atoms with Crippen LogP contribution in [0.2, 0.25) is 0 Å². The number of allylic oxidation sites excluding steroid dienone is 2. The van der Waals surface area contributed by atoms with Gasteiger partial charge in [0.1, 0.15) is 12.9 Å². The predicted octanol–water partition coefficient (Wildman–Crippen LogP) is 8.29. The number of carbonyl (C=O) groups excluding carboxylic acids is 1. The second-order valence-corrected chi connectivity index (χ2v) is 10.7. The SMILES string of the molecule is CCCCC/C=C\CCC(=O)O[C@@H](CCCCCCCCNCCN(CC)CC)[C@@H](CCCC)OCOCC.[HH]. The van der Waals surface area contributed by atoms with Crippen molar-refractivity contribution in [1.29, 1.82) is 0 Å². The van der Waals surface area contributed by atoms with Crippen LogP contribution in [0.4, 0.5) is 0 Å². The lowest BCUT2D eigenvalue weighted by atomic mass is 10.00. The molecule has 0 aromatic heterocycles. The molecule has 0 heterocycles. The van der Waals surface area contributed by atoms with Gasteiger partial charge in [-0.25, -0.2) is 0 Å². The quantitative estimate of drug-likeness (QED) is 0.0416. The fourth-order valence-electron chi connectivity index (χ4n) is 4.70. The Kier molecular flexibility index (Phi) is 29.3. The lowest BCUT2D eigenvalue weighted by Gasteiger charge is -2.27. The summed E-state index contributed by atoms with van der Waals surface area (Å²) in [5.41, 5.74) is 0. The summed E-state index contributed by atoms with van der Waals surface area (Å²) in [6.45, 7) is 17.3. The van der Waals surface area contributed by atoms with Gasteiger partial charge in [-0.2, -0.15) is 0 Å². The lowest BCUT2D eigenvalue weighted by molar-refractivity contribution is -0.169. The minimum atomic E-state index is -0.187. The van der Waals surface area contributed by atoms with Crippen molar-refractivity contribution in [2.75, 3.05) is 46.1 Å². The van der Waals surface area contributed by atoms with Crippen LogP contribution in [0.25, 0.3) is 0 Å². The minimum absolute atomic E-state index is 0. The summed E-state index contributed by atoms with van der Waals surface area (Å²) in [6, 6.07) is 0. The Bertz CT molecular complexity index is 547. The highest BCUT2D eigenvalue weighted by Crippen LogP contribution is 2.20. The van der Waals surface area contributed by atoms with Gasteiger partial charge in [0.15, 0.2) is 0 Å². The van der Waals surface area contributed by atoms with Crippen molar-refractivity contribution in [3.63, 3.8) is 0 Å².